The molecule has 0 heterocycles. The fourth-order valence-corrected chi connectivity index (χ4v) is 4.21. The molecule has 0 saturated heterocycles. The molecule has 7 heteroatoms. The van der Waals surface area contributed by atoms with Gasteiger partial charge in [-0.1, -0.05) is 6.42 Å². The summed E-state index contributed by atoms with van der Waals surface area (Å²) in [5.74, 6) is -0.500. The molecule has 5 nitrogen and oxygen atoms in total. The lowest BCUT2D eigenvalue weighted by Gasteiger charge is -2.21. The number of hydrogen-bond acceptors (Lipinski definition) is 4. The van der Waals surface area contributed by atoms with Gasteiger partial charge in [0.25, 0.3) is 0 Å². The molecule has 2 aromatic rings. The zero-order valence-corrected chi connectivity index (χ0v) is 15.0. The van der Waals surface area contributed by atoms with Gasteiger partial charge in [-0.3, -0.25) is 5.32 Å². The van der Waals surface area contributed by atoms with Crippen LogP contribution < -0.4 is 5.32 Å². The van der Waals surface area contributed by atoms with Gasteiger partial charge in [0.1, 0.15) is 11.9 Å². The van der Waals surface area contributed by atoms with E-state index < -0.39 is 21.7 Å². The lowest BCUT2D eigenvalue weighted by molar-refractivity contribution is 0.0865. The van der Waals surface area contributed by atoms with E-state index in [0.717, 1.165) is 37.8 Å². The van der Waals surface area contributed by atoms with Crippen molar-refractivity contribution < 1.29 is 22.3 Å². The third-order valence-corrected chi connectivity index (χ3v) is 6.15. The highest BCUT2D eigenvalue weighted by Gasteiger charge is 2.19. The average Bonchev–Trinajstić information content (AvgIpc) is 2.63. The van der Waals surface area contributed by atoms with Gasteiger partial charge in [-0.25, -0.2) is 17.6 Å². The van der Waals surface area contributed by atoms with Crippen LogP contribution in [0.15, 0.2) is 58.3 Å². The summed E-state index contributed by atoms with van der Waals surface area (Å²) in [5, 5.41) is 2.61. The molecule has 0 radical (unpaired) electrons. The second-order valence-corrected chi connectivity index (χ2v) is 8.22. The van der Waals surface area contributed by atoms with Crippen LogP contribution in [-0.2, 0) is 14.6 Å². The van der Waals surface area contributed by atoms with Crippen LogP contribution in [0.3, 0.4) is 0 Å². The first-order valence-electron chi connectivity index (χ1n) is 8.53. The first kappa shape index (κ1) is 18.4. The van der Waals surface area contributed by atoms with Crippen molar-refractivity contribution in [2.45, 2.75) is 48.0 Å². The largest absolute Gasteiger partial charge is 0.446 e. The number of rotatable bonds is 4. The van der Waals surface area contributed by atoms with E-state index in [-0.39, 0.29) is 15.9 Å². The molecule has 1 aliphatic carbocycles. The summed E-state index contributed by atoms with van der Waals surface area (Å²) in [6.07, 6.45) is 4.46. The highest BCUT2D eigenvalue weighted by molar-refractivity contribution is 7.91. The molecule has 0 bridgehead atoms. The minimum Gasteiger partial charge on any atom is -0.446 e. The maximum atomic E-state index is 13.0. The van der Waals surface area contributed by atoms with Gasteiger partial charge in [0, 0.05) is 5.69 Å². The predicted molar refractivity (Wildman–Crippen MR) is 95.3 cm³/mol. The van der Waals surface area contributed by atoms with E-state index in [9.17, 15) is 17.6 Å². The van der Waals surface area contributed by atoms with E-state index in [1.54, 1.807) is 0 Å². The van der Waals surface area contributed by atoms with Crippen molar-refractivity contribution >= 4 is 21.6 Å². The molecule has 1 N–H and O–H groups in total. The van der Waals surface area contributed by atoms with Gasteiger partial charge < -0.3 is 4.74 Å². The highest BCUT2D eigenvalue weighted by atomic mass is 32.2. The average molecular weight is 377 g/mol. The Bertz CT molecular complexity index is 857. The summed E-state index contributed by atoms with van der Waals surface area (Å²) in [7, 11) is -3.73. The summed E-state index contributed by atoms with van der Waals surface area (Å²) in [5.41, 5.74) is 0.448. The van der Waals surface area contributed by atoms with E-state index >= 15 is 0 Å². The van der Waals surface area contributed by atoms with Gasteiger partial charge in [0.2, 0.25) is 9.84 Å². The summed E-state index contributed by atoms with van der Waals surface area (Å²) in [4.78, 5) is 12.0. The van der Waals surface area contributed by atoms with Gasteiger partial charge in [-0.15, -0.1) is 0 Å². The normalized spacial score (nSPS) is 15.4. The van der Waals surface area contributed by atoms with E-state index in [1.165, 1.54) is 42.8 Å². The molecule has 1 fully saturated rings. The van der Waals surface area contributed by atoms with Crippen LogP contribution in [0.25, 0.3) is 0 Å². The van der Waals surface area contributed by atoms with Crippen molar-refractivity contribution in [3.63, 3.8) is 0 Å². The Balaban J connectivity index is 1.66. The molecular formula is C19H20FNO4S. The number of nitrogens with one attached hydrogen (secondary N) is 1. The molecule has 26 heavy (non-hydrogen) atoms. The number of carbonyl (C=O) groups is 1. The second-order valence-electron chi connectivity index (χ2n) is 6.27. The van der Waals surface area contributed by atoms with E-state index in [2.05, 4.69) is 5.32 Å². The zero-order valence-electron chi connectivity index (χ0n) is 14.2. The number of benzene rings is 2. The van der Waals surface area contributed by atoms with Crippen molar-refractivity contribution in [3.8, 4) is 0 Å². The van der Waals surface area contributed by atoms with Crippen molar-refractivity contribution in [3.05, 3.63) is 54.3 Å². The lowest BCUT2D eigenvalue weighted by Crippen LogP contribution is -2.24. The predicted octanol–water partition coefficient (Wildman–Crippen LogP) is 4.54. The van der Waals surface area contributed by atoms with Gasteiger partial charge in [0.15, 0.2) is 0 Å². The molecular weight excluding hydrogens is 357 g/mol. The molecule has 138 valence electrons. The summed E-state index contributed by atoms with van der Waals surface area (Å²) >= 11 is 0. The van der Waals surface area contributed by atoms with Gasteiger partial charge >= 0.3 is 6.09 Å². The highest BCUT2D eigenvalue weighted by Crippen LogP contribution is 2.24. The number of anilines is 1. The Kier molecular flexibility index (Phi) is 5.56. The molecule has 2 aromatic carbocycles. The first-order valence-corrected chi connectivity index (χ1v) is 10.0. The van der Waals surface area contributed by atoms with Crippen molar-refractivity contribution in [2.24, 2.45) is 0 Å². The molecule has 0 aliphatic heterocycles. The Morgan fingerprint density at radius 2 is 1.46 bits per heavy atom. The fraction of sp³-hybridized carbons (Fsp3) is 0.316. The number of ether oxygens (including phenoxy) is 1. The number of sulfone groups is 1. The molecule has 1 amide bonds. The third-order valence-electron chi connectivity index (χ3n) is 4.36. The number of halogens is 1. The Morgan fingerprint density at radius 3 is 2.04 bits per heavy atom. The summed E-state index contributed by atoms with van der Waals surface area (Å²) < 4.78 is 43.4. The number of carbonyl (C=O) groups excluding carboxylic acids is 1. The third kappa shape index (κ3) is 4.40. The zero-order chi connectivity index (χ0) is 18.6. The molecule has 0 aromatic heterocycles. The van der Waals surface area contributed by atoms with Gasteiger partial charge in [-0.05, 0) is 74.2 Å². The Labute approximate surface area is 152 Å². The van der Waals surface area contributed by atoms with Gasteiger partial charge in [0.05, 0.1) is 9.79 Å². The maximum Gasteiger partial charge on any atom is 0.411 e. The van der Waals surface area contributed by atoms with Crippen LogP contribution in [0.1, 0.15) is 32.1 Å². The van der Waals surface area contributed by atoms with Crippen LogP contribution in [0.5, 0.6) is 0 Å². The monoisotopic (exact) mass is 377 g/mol. The van der Waals surface area contributed by atoms with Gasteiger partial charge in [-0.2, -0.15) is 0 Å². The molecule has 0 atom stereocenters. The number of amides is 1. The fourth-order valence-electron chi connectivity index (χ4n) is 2.95. The smallest absolute Gasteiger partial charge is 0.411 e. The molecule has 1 aliphatic rings. The van der Waals surface area contributed by atoms with Crippen LogP contribution in [0.4, 0.5) is 14.9 Å². The minimum atomic E-state index is -3.73. The molecule has 0 spiro atoms. The van der Waals surface area contributed by atoms with Crippen LogP contribution >= 0.6 is 0 Å². The summed E-state index contributed by atoms with van der Waals surface area (Å²) in [6.45, 7) is 0. The standard InChI is InChI=1S/C19H20FNO4S/c20-14-6-10-17(11-7-14)26(23,24)18-12-8-15(9-13-18)21-19(22)25-16-4-2-1-3-5-16/h6-13,16H,1-5H2,(H,21,22). The van der Waals surface area contributed by atoms with Crippen molar-refractivity contribution in [1.82, 2.24) is 0 Å². The van der Waals surface area contributed by atoms with Crippen LogP contribution in [0.2, 0.25) is 0 Å². The van der Waals surface area contributed by atoms with Crippen LogP contribution in [0, 0.1) is 5.82 Å². The number of hydrogen-bond donors (Lipinski definition) is 1. The Morgan fingerprint density at radius 1 is 0.923 bits per heavy atom. The topological polar surface area (TPSA) is 72.5 Å². The minimum absolute atomic E-state index is 0.0105. The maximum absolute atomic E-state index is 13.0. The molecule has 0 unspecified atom stereocenters. The van der Waals surface area contributed by atoms with Crippen molar-refractivity contribution in [1.29, 1.82) is 0 Å². The van der Waals surface area contributed by atoms with E-state index in [4.69, 9.17) is 4.74 Å². The quantitative estimate of drug-likeness (QED) is 0.794. The first-order chi connectivity index (χ1) is 12.4. The van der Waals surface area contributed by atoms with Crippen LogP contribution in [-0.4, -0.2) is 20.6 Å². The molecule has 1 saturated carbocycles. The van der Waals surface area contributed by atoms with E-state index in [0.29, 0.717) is 5.69 Å². The molecule has 3 rings (SSSR count). The Hall–Kier alpha value is -2.41. The van der Waals surface area contributed by atoms with E-state index in [1.807, 2.05) is 0 Å². The second kappa shape index (κ2) is 7.86. The lowest BCUT2D eigenvalue weighted by atomic mass is 9.98. The SMILES string of the molecule is O=C(Nc1ccc(S(=O)(=O)c2ccc(F)cc2)cc1)OC1CCCCC1. The van der Waals surface area contributed by atoms with Crippen molar-refractivity contribution in [2.75, 3.05) is 5.32 Å². The summed E-state index contributed by atoms with van der Waals surface area (Å²) in [6, 6.07) is 10.4.